The van der Waals surface area contributed by atoms with E-state index < -0.39 is 6.17 Å². The first-order valence-corrected chi connectivity index (χ1v) is 5.43. The number of thiophene rings is 1. The highest BCUT2D eigenvalue weighted by Crippen LogP contribution is 2.32. The first kappa shape index (κ1) is 10.8. The molecule has 0 bridgehead atoms. The Labute approximate surface area is 95.9 Å². The summed E-state index contributed by atoms with van der Waals surface area (Å²) in [4.78, 5) is 9.25. The molecule has 0 aliphatic rings. The Bertz CT molecular complexity index is 484. The van der Waals surface area contributed by atoms with Crippen molar-refractivity contribution in [3.8, 4) is 10.4 Å². The monoisotopic (exact) mass is 236 g/mol. The lowest BCUT2D eigenvalue weighted by atomic mass is 10.2. The number of rotatable bonds is 3. The first-order valence-electron chi connectivity index (χ1n) is 4.61. The van der Waals surface area contributed by atoms with E-state index in [9.17, 15) is 4.39 Å². The van der Waals surface area contributed by atoms with Crippen LogP contribution in [-0.4, -0.2) is 15.1 Å². The van der Waals surface area contributed by atoms with Crippen molar-refractivity contribution >= 4 is 11.3 Å². The van der Waals surface area contributed by atoms with E-state index in [-0.39, 0.29) is 0 Å². The van der Waals surface area contributed by atoms with E-state index in [2.05, 4.69) is 9.97 Å². The Hall–Kier alpha value is -1.75. The smallest absolute Gasteiger partial charge is 0.156 e. The van der Waals surface area contributed by atoms with Gasteiger partial charge in [-0.1, -0.05) is 0 Å². The number of aliphatic hydroxyl groups is 1. The second-order valence-electron chi connectivity index (χ2n) is 3.07. The Morgan fingerprint density at radius 1 is 1.31 bits per heavy atom. The number of nitrogens with zero attached hydrogens (tertiary/aromatic N) is 2. The molecule has 0 saturated carbocycles. The third kappa shape index (κ3) is 2.25. The fraction of sp³-hybridized carbons (Fsp3) is 0.0909. The minimum atomic E-state index is -1.27. The van der Waals surface area contributed by atoms with Crippen LogP contribution in [0.15, 0.2) is 43.2 Å². The number of halogens is 1. The van der Waals surface area contributed by atoms with Crippen molar-refractivity contribution in [3.05, 3.63) is 48.1 Å². The number of hydrogen-bond donors (Lipinski definition) is 1. The summed E-state index contributed by atoms with van der Waals surface area (Å²) >= 11 is 1.32. The summed E-state index contributed by atoms with van der Waals surface area (Å²) in [6, 6.07) is 3.51. The number of alkyl halides is 1. The van der Waals surface area contributed by atoms with Crippen LogP contribution < -0.4 is 0 Å². The second-order valence-corrected chi connectivity index (χ2v) is 4.19. The number of aromatic nitrogens is 2. The SMILES string of the molecule is O/C=C\C(F)c1ccc(-c2cncnc2)s1. The van der Waals surface area contributed by atoms with Gasteiger partial charge in [0.2, 0.25) is 0 Å². The molecule has 2 rings (SSSR count). The van der Waals surface area contributed by atoms with Gasteiger partial charge in [-0.05, 0) is 18.2 Å². The molecular weight excluding hydrogens is 227 g/mol. The summed E-state index contributed by atoms with van der Waals surface area (Å²) in [5.41, 5.74) is 0.860. The summed E-state index contributed by atoms with van der Waals surface area (Å²) in [6.45, 7) is 0. The molecule has 0 aliphatic carbocycles. The highest BCUT2D eigenvalue weighted by atomic mass is 32.1. The molecule has 5 heteroatoms. The highest BCUT2D eigenvalue weighted by molar-refractivity contribution is 7.15. The number of aliphatic hydroxyl groups excluding tert-OH is 1. The van der Waals surface area contributed by atoms with E-state index >= 15 is 0 Å². The van der Waals surface area contributed by atoms with E-state index in [1.807, 2.05) is 6.07 Å². The van der Waals surface area contributed by atoms with E-state index in [1.165, 1.54) is 17.7 Å². The molecule has 82 valence electrons. The molecule has 0 amide bonds. The van der Waals surface area contributed by atoms with Crippen LogP contribution in [-0.2, 0) is 0 Å². The van der Waals surface area contributed by atoms with E-state index in [0.717, 1.165) is 22.8 Å². The maximum atomic E-state index is 13.4. The average molecular weight is 236 g/mol. The molecule has 0 aliphatic heterocycles. The van der Waals surface area contributed by atoms with Gasteiger partial charge in [-0.25, -0.2) is 14.4 Å². The van der Waals surface area contributed by atoms with Crippen molar-refractivity contribution < 1.29 is 9.50 Å². The molecular formula is C11H9FN2OS. The lowest BCUT2D eigenvalue weighted by Gasteiger charge is -1.97. The first-order chi connectivity index (χ1) is 7.81. The Morgan fingerprint density at radius 3 is 2.75 bits per heavy atom. The maximum absolute atomic E-state index is 13.4. The fourth-order valence-electron chi connectivity index (χ4n) is 1.25. The van der Waals surface area contributed by atoms with Crippen molar-refractivity contribution in [1.29, 1.82) is 0 Å². The third-order valence-corrected chi connectivity index (χ3v) is 3.19. The van der Waals surface area contributed by atoms with Gasteiger partial charge in [0.15, 0.2) is 6.17 Å². The molecule has 0 radical (unpaired) electrons. The van der Waals surface area contributed by atoms with Crippen LogP contribution in [0.25, 0.3) is 10.4 Å². The molecule has 16 heavy (non-hydrogen) atoms. The molecule has 2 heterocycles. The van der Waals surface area contributed by atoms with Crippen LogP contribution in [0.5, 0.6) is 0 Å². The van der Waals surface area contributed by atoms with Gasteiger partial charge in [0.05, 0.1) is 6.26 Å². The summed E-state index contributed by atoms with van der Waals surface area (Å²) in [6.07, 6.45) is 5.35. The zero-order chi connectivity index (χ0) is 11.4. The van der Waals surface area contributed by atoms with Gasteiger partial charge < -0.3 is 5.11 Å². The van der Waals surface area contributed by atoms with Crippen LogP contribution in [0.1, 0.15) is 11.0 Å². The van der Waals surface area contributed by atoms with Gasteiger partial charge in [0.25, 0.3) is 0 Å². The highest BCUT2D eigenvalue weighted by Gasteiger charge is 2.10. The van der Waals surface area contributed by atoms with Gasteiger partial charge in [-0.15, -0.1) is 11.3 Å². The van der Waals surface area contributed by atoms with Crippen molar-refractivity contribution in [2.24, 2.45) is 0 Å². The molecule has 0 spiro atoms. The second kappa shape index (κ2) is 4.85. The summed E-state index contributed by atoms with van der Waals surface area (Å²) in [7, 11) is 0. The molecule has 1 unspecified atom stereocenters. The largest absolute Gasteiger partial charge is 0.516 e. The molecule has 0 fully saturated rings. The Morgan fingerprint density at radius 2 is 2.06 bits per heavy atom. The summed E-state index contributed by atoms with van der Waals surface area (Å²) < 4.78 is 13.4. The van der Waals surface area contributed by atoms with Crippen molar-refractivity contribution in [1.82, 2.24) is 9.97 Å². The van der Waals surface area contributed by atoms with Crippen LogP contribution >= 0.6 is 11.3 Å². The molecule has 1 N–H and O–H groups in total. The molecule has 2 aromatic rings. The summed E-state index contributed by atoms with van der Waals surface area (Å²) in [5, 5.41) is 8.49. The van der Waals surface area contributed by atoms with Gasteiger partial charge >= 0.3 is 0 Å². The predicted molar refractivity (Wildman–Crippen MR) is 61.0 cm³/mol. The van der Waals surface area contributed by atoms with Crippen LogP contribution in [0.4, 0.5) is 4.39 Å². The lowest BCUT2D eigenvalue weighted by Crippen LogP contribution is -1.80. The zero-order valence-electron chi connectivity index (χ0n) is 8.25. The molecule has 1 atom stereocenters. The average Bonchev–Trinajstić information content (AvgIpc) is 2.80. The van der Waals surface area contributed by atoms with Crippen LogP contribution in [0, 0.1) is 0 Å². The Kier molecular flexibility index (Phi) is 3.26. The minimum Gasteiger partial charge on any atom is -0.516 e. The van der Waals surface area contributed by atoms with Gasteiger partial charge in [0, 0.05) is 27.7 Å². The molecule has 0 saturated heterocycles. The third-order valence-electron chi connectivity index (χ3n) is 2.00. The number of hydrogen-bond acceptors (Lipinski definition) is 4. The van der Waals surface area contributed by atoms with Gasteiger partial charge in [0.1, 0.15) is 6.33 Å². The van der Waals surface area contributed by atoms with Crippen molar-refractivity contribution in [2.45, 2.75) is 6.17 Å². The topological polar surface area (TPSA) is 46.0 Å². The lowest BCUT2D eigenvalue weighted by molar-refractivity contribution is 0.401. The normalized spacial score (nSPS) is 13.1. The standard InChI is InChI=1S/C11H9FN2OS/c12-9(3-4-15)11-2-1-10(16-11)8-5-13-7-14-6-8/h1-7,9,15H/b4-3-. The van der Waals surface area contributed by atoms with Crippen molar-refractivity contribution in [3.63, 3.8) is 0 Å². The van der Waals surface area contributed by atoms with E-state index in [1.54, 1.807) is 18.5 Å². The van der Waals surface area contributed by atoms with Crippen LogP contribution in [0.3, 0.4) is 0 Å². The fourth-order valence-corrected chi connectivity index (χ4v) is 2.19. The predicted octanol–water partition coefficient (Wildman–Crippen LogP) is 3.29. The number of allylic oxidation sites excluding steroid dienone is 1. The van der Waals surface area contributed by atoms with E-state index in [4.69, 9.17) is 5.11 Å². The van der Waals surface area contributed by atoms with Gasteiger partial charge in [-0.2, -0.15) is 0 Å². The summed E-state index contributed by atoms with van der Waals surface area (Å²) in [5.74, 6) is 0. The van der Waals surface area contributed by atoms with Crippen LogP contribution in [0.2, 0.25) is 0 Å². The Balaban J connectivity index is 2.26. The maximum Gasteiger partial charge on any atom is 0.156 e. The quantitative estimate of drug-likeness (QED) is 0.832. The van der Waals surface area contributed by atoms with Crippen molar-refractivity contribution in [2.75, 3.05) is 0 Å². The zero-order valence-corrected chi connectivity index (χ0v) is 9.06. The molecule has 0 aromatic carbocycles. The molecule has 2 aromatic heterocycles. The van der Waals surface area contributed by atoms with Gasteiger partial charge in [-0.3, -0.25) is 0 Å². The molecule has 3 nitrogen and oxygen atoms in total. The van der Waals surface area contributed by atoms with E-state index in [0.29, 0.717) is 4.88 Å². The minimum absolute atomic E-state index is 0.546.